The number of benzene rings is 2. The Morgan fingerprint density at radius 3 is 2.36 bits per heavy atom. The highest BCUT2D eigenvalue weighted by Crippen LogP contribution is 2.11. The maximum atomic E-state index is 12.4. The number of hydrazone groups is 1. The molecule has 0 aromatic heterocycles. The summed E-state index contributed by atoms with van der Waals surface area (Å²) in [6, 6.07) is 16.4. The molecule has 134 valence electrons. The fourth-order valence-electron chi connectivity index (χ4n) is 2.35. The molecule has 0 spiro atoms. The highest BCUT2D eigenvalue weighted by Gasteiger charge is 2.13. The van der Waals surface area contributed by atoms with Gasteiger partial charge in [-0.2, -0.15) is 13.5 Å². The van der Waals surface area contributed by atoms with E-state index in [-0.39, 0.29) is 11.5 Å². The third-order valence-corrected chi connectivity index (χ3v) is 5.00. The van der Waals surface area contributed by atoms with Crippen LogP contribution in [0.2, 0.25) is 0 Å². The number of nitrogens with zero attached hydrogens (tertiary/aromatic N) is 1. The van der Waals surface area contributed by atoms with Gasteiger partial charge in [-0.3, -0.25) is 0 Å². The molecule has 0 saturated heterocycles. The minimum atomic E-state index is -3.68. The molecule has 2 N–H and O–H groups in total. The zero-order valence-electron chi connectivity index (χ0n) is 14.4. The second kappa shape index (κ2) is 9.34. The van der Waals surface area contributed by atoms with Gasteiger partial charge in [-0.05, 0) is 43.9 Å². The third kappa shape index (κ3) is 6.32. The summed E-state index contributed by atoms with van der Waals surface area (Å²) in [5, 5.41) is 13.1. The number of nitrogens with one attached hydrogen (secondary N) is 1. The van der Waals surface area contributed by atoms with E-state index in [9.17, 15) is 8.42 Å². The Balaban J connectivity index is 2.13. The molecule has 0 fully saturated rings. The van der Waals surface area contributed by atoms with Gasteiger partial charge in [-0.1, -0.05) is 48.0 Å². The van der Waals surface area contributed by atoms with Gasteiger partial charge in [0.15, 0.2) is 0 Å². The first-order valence-corrected chi connectivity index (χ1v) is 9.78. The Morgan fingerprint density at radius 2 is 1.72 bits per heavy atom. The standard InChI is InChI=1S/C19H24N2O3S/c1-16-10-12-19(13-11-16)25(23,24)21-20-18(9-5-6-14-22)15-17-7-3-2-4-8-17/h2-4,7-8,10-13,21-22H,5-6,9,14-15H2,1H3. The molecule has 0 heterocycles. The molecule has 0 atom stereocenters. The van der Waals surface area contributed by atoms with E-state index < -0.39 is 10.0 Å². The molecular weight excluding hydrogens is 336 g/mol. The molecule has 0 aliphatic heterocycles. The van der Waals surface area contributed by atoms with Crippen molar-refractivity contribution in [3.63, 3.8) is 0 Å². The number of aliphatic hydroxyl groups is 1. The van der Waals surface area contributed by atoms with Gasteiger partial charge in [-0.15, -0.1) is 0 Å². The number of aryl methyl sites for hydroxylation is 1. The quantitative estimate of drug-likeness (QED) is 0.410. The minimum Gasteiger partial charge on any atom is -0.396 e. The van der Waals surface area contributed by atoms with Gasteiger partial charge < -0.3 is 5.11 Å². The van der Waals surface area contributed by atoms with Crippen molar-refractivity contribution in [1.29, 1.82) is 0 Å². The lowest BCUT2D eigenvalue weighted by molar-refractivity contribution is 0.285. The van der Waals surface area contributed by atoms with Crippen LogP contribution >= 0.6 is 0 Å². The number of hydrogen-bond acceptors (Lipinski definition) is 4. The van der Waals surface area contributed by atoms with Crippen LogP contribution in [0.4, 0.5) is 0 Å². The van der Waals surface area contributed by atoms with Crippen LogP contribution in [0.1, 0.15) is 30.4 Å². The van der Waals surface area contributed by atoms with Crippen LogP contribution in [0.15, 0.2) is 64.6 Å². The van der Waals surface area contributed by atoms with E-state index in [2.05, 4.69) is 9.93 Å². The topological polar surface area (TPSA) is 78.8 Å². The number of sulfonamides is 1. The summed E-state index contributed by atoms with van der Waals surface area (Å²) >= 11 is 0. The third-order valence-electron chi connectivity index (χ3n) is 3.78. The molecular formula is C19H24N2O3S. The highest BCUT2D eigenvalue weighted by atomic mass is 32.2. The summed E-state index contributed by atoms with van der Waals surface area (Å²) in [5.41, 5.74) is 2.81. The molecule has 0 radical (unpaired) electrons. The smallest absolute Gasteiger partial charge is 0.276 e. The largest absolute Gasteiger partial charge is 0.396 e. The van der Waals surface area contributed by atoms with Gasteiger partial charge in [0.25, 0.3) is 10.0 Å². The number of aliphatic hydroxyl groups excluding tert-OH is 1. The molecule has 0 unspecified atom stereocenters. The van der Waals surface area contributed by atoms with Crippen molar-refractivity contribution in [2.45, 2.75) is 37.5 Å². The maximum absolute atomic E-state index is 12.4. The van der Waals surface area contributed by atoms with Crippen LogP contribution in [-0.4, -0.2) is 25.8 Å². The minimum absolute atomic E-state index is 0.119. The monoisotopic (exact) mass is 360 g/mol. The fraction of sp³-hybridized carbons (Fsp3) is 0.316. The van der Waals surface area contributed by atoms with E-state index in [1.165, 1.54) is 0 Å². The Hall–Kier alpha value is -2.18. The Labute approximate surface area is 149 Å². The summed E-state index contributed by atoms with van der Waals surface area (Å²) < 4.78 is 24.7. The molecule has 25 heavy (non-hydrogen) atoms. The summed E-state index contributed by atoms with van der Waals surface area (Å²) in [7, 11) is -3.68. The van der Waals surface area contributed by atoms with Crippen molar-refractivity contribution in [2.75, 3.05) is 6.61 Å². The number of unbranched alkanes of at least 4 members (excludes halogenated alkanes) is 1. The average Bonchev–Trinajstić information content (AvgIpc) is 2.61. The average molecular weight is 360 g/mol. The van der Waals surface area contributed by atoms with E-state index in [4.69, 9.17) is 5.11 Å². The number of rotatable bonds is 9. The highest BCUT2D eigenvalue weighted by molar-refractivity contribution is 7.89. The first-order chi connectivity index (χ1) is 12.0. The van der Waals surface area contributed by atoms with Crippen LogP contribution in [0.25, 0.3) is 0 Å². The summed E-state index contributed by atoms with van der Waals surface area (Å²) in [5.74, 6) is 0. The fourth-order valence-corrected chi connectivity index (χ4v) is 3.20. The van der Waals surface area contributed by atoms with E-state index in [0.29, 0.717) is 19.3 Å². The first-order valence-electron chi connectivity index (χ1n) is 8.30. The second-order valence-electron chi connectivity index (χ2n) is 5.93. The lowest BCUT2D eigenvalue weighted by Gasteiger charge is -2.09. The second-order valence-corrected chi connectivity index (χ2v) is 7.59. The van der Waals surface area contributed by atoms with Crippen LogP contribution in [0, 0.1) is 6.92 Å². The molecule has 2 aromatic carbocycles. The molecule has 0 aliphatic carbocycles. The van der Waals surface area contributed by atoms with Crippen LogP contribution < -0.4 is 4.83 Å². The summed E-state index contributed by atoms with van der Waals surface area (Å²) in [6.07, 6.45) is 2.63. The van der Waals surface area contributed by atoms with Gasteiger partial charge in [-0.25, -0.2) is 4.83 Å². The summed E-state index contributed by atoms with van der Waals surface area (Å²) in [4.78, 5) is 2.53. The van der Waals surface area contributed by atoms with Crippen LogP contribution in [0.3, 0.4) is 0 Å². The first kappa shape index (κ1) is 19.1. The van der Waals surface area contributed by atoms with Crippen molar-refractivity contribution >= 4 is 15.7 Å². The predicted octanol–water partition coefficient (Wildman–Crippen LogP) is 3.03. The van der Waals surface area contributed by atoms with Crippen LogP contribution in [-0.2, 0) is 16.4 Å². The molecule has 0 amide bonds. The van der Waals surface area contributed by atoms with E-state index in [0.717, 1.165) is 23.3 Å². The Morgan fingerprint density at radius 1 is 1.04 bits per heavy atom. The van der Waals surface area contributed by atoms with Crippen molar-refractivity contribution in [1.82, 2.24) is 4.83 Å². The molecule has 0 bridgehead atoms. The Kier molecular flexibility index (Phi) is 7.16. The molecule has 6 heteroatoms. The molecule has 2 rings (SSSR count). The van der Waals surface area contributed by atoms with Crippen LogP contribution in [0.5, 0.6) is 0 Å². The van der Waals surface area contributed by atoms with Crippen molar-refractivity contribution in [3.8, 4) is 0 Å². The Bertz CT molecular complexity index is 785. The molecule has 0 aliphatic rings. The molecule has 2 aromatic rings. The van der Waals surface area contributed by atoms with E-state index in [1.807, 2.05) is 37.3 Å². The SMILES string of the molecule is Cc1ccc(S(=O)(=O)NN=C(CCCCO)Cc2ccccc2)cc1. The zero-order chi connectivity index (χ0) is 18.1. The molecule has 0 saturated carbocycles. The lowest BCUT2D eigenvalue weighted by atomic mass is 10.0. The van der Waals surface area contributed by atoms with Gasteiger partial charge in [0.2, 0.25) is 0 Å². The number of hydrogen-bond donors (Lipinski definition) is 2. The van der Waals surface area contributed by atoms with Gasteiger partial charge in [0.1, 0.15) is 0 Å². The van der Waals surface area contributed by atoms with Crippen molar-refractivity contribution < 1.29 is 13.5 Å². The van der Waals surface area contributed by atoms with E-state index in [1.54, 1.807) is 24.3 Å². The van der Waals surface area contributed by atoms with Gasteiger partial charge in [0, 0.05) is 18.7 Å². The molecule has 5 nitrogen and oxygen atoms in total. The van der Waals surface area contributed by atoms with Gasteiger partial charge in [0.05, 0.1) is 4.90 Å². The van der Waals surface area contributed by atoms with E-state index >= 15 is 0 Å². The van der Waals surface area contributed by atoms with Gasteiger partial charge >= 0.3 is 0 Å². The normalized spacial score (nSPS) is 12.2. The van der Waals surface area contributed by atoms with Crippen molar-refractivity contribution in [3.05, 3.63) is 65.7 Å². The summed E-state index contributed by atoms with van der Waals surface area (Å²) in [6.45, 7) is 2.02. The van der Waals surface area contributed by atoms with Crippen molar-refractivity contribution in [2.24, 2.45) is 5.10 Å². The maximum Gasteiger partial charge on any atom is 0.276 e. The zero-order valence-corrected chi connectivity index (χ0v) is 15.2. The predicted molar refractivity (Wildman–Crippen MR) is 100 cm³/mol. The lowest BCUT2D eigenvalue weighted by Crippen LogP contribution is -2.21.